The molecule has 1 aliphatic heterocycles. The summed E-state index contributed by atoms with van der Waals surface area (Å²) in [6, 6.07) is 54.5. The summed E-state index contributed by atoms with van der Waals surface area (Å²) in [6.07, 6.45) is 5.43. The zero-order valence-electron chi connectivity index (χ0n) is 26.7. The zero-order chi connectivity index (χ0) is 31.2. The molecular formula is C40H48Br2Si3. The van der Waals surface area contributed by atoms with E-state index in [9.17, 15) is 0 Å². The predicted molar refractivity (Wildman–Crippen MR) is 217 cm³/mol. The van der Waals surface area contributed by atoms with Gasteiger partial charge in [-0.2, -0.15) is 0 Å². The molecule has 4 aromatic carbocycles. The molecule has 1 aliphatic rings. The second-order valence-corrected chi connectivity index (χ2v) is 22.5. The van der Waals surface area contributed by atoms with Crippen LogP contribution in [0.4, 0.5) is 0 Å². The Morgan fingerprint density at radius 3 is 1.04 bits per heavy atom. The van der Waals surface area contributed by atoms with Gasteiger partial charge in [-0.05, 0) is 68.7 Å². The zero-order valence-corrected chi connectivity index (χ0v) is 33.7. The van der Waals surface area contributed by atoms with Crippen LogP contribution in [-0.4, -0.2) is 37.8 Å². The number of allylic oxidation sites excluding steroid dienone is 2. The third kappa shape index (κ3) is 8.66. The number of alkyl halides is 2. The number of rotatable bonds is 18. The molecule has 0 spiro atoms. The van der Waals surface area contributed by atoms with Gasteiger partial charge in [-0.1, -0.05) is 190 Å². The molecule has 0 fully saturated rings. The first-order chi connectivity index (χ1) is 22.3. The van der Waals surface area contributed by atoms with Gasteiger partial charge in [-0.15, -0.1) is 0 Å². The first-order valence-corrected chi connectivity index (χ1v) is 25.8. The number of benzene rings is 4. The summed E-state index contributed by atoms with van der Waals surface area (Å²) in [7, 11) is -2.26. The van der Waals surface area contributed by atoms with Gasteiger partial charge < -0.3 is 0 Å². The molecule has 0 bridgehead atoms. The highest BCUT2D eigenvalue weighted by Crippen LogP contribution is 2.59. The fraction of sp³-hybridized carbons (Fsp3) is 0.300. The van der Waals surface area contributed by atoms with E-state index in [1.54, 1.807) is 10.4 Å². The largest absolute Gasteiger partial charge is 0.121 e. The van der Waals surface area contributed by atoms with E-state index < -0.39 is 8.07 Å². The molecule has 1 heterocycles. The van der Waals surface area contributed by atoms with Crippen molar-refractivity contribution in [2.45, 2.75) is 61.9 Å². The summed E-state index contributed by atoms with van der Waals surface area (Å²) in [5.41, 5.74) is 8.66. The summed E-state index contributed by atoms with van der Waals surface area (Å²) in [5.74, 6) is 0. The van der Waals surface area contributed by atoms with Gasteiger partial charge in [-0.3, -0.25) is 0 Å². The third-order valence-electron chi connectivity index (χ3n) is 9.43. The van der Waals surface area contributed by atoms with Crippen LogP contribution in [0.15, 0.2) is 121 Å². The minimum atomic E-state index is -2.22. The van der Waals surface area contributed by atoms with Crippen LogP contribution in [0, 0.1) is 0 Å². The minimum absolute atomic E-state index is 0.0213. The van der Waals surface area contributed by atoms with E-state index in [1.165, 1.54) is 95.3 Å². The first-order valence-electron chi connectivity index (χ1n) is 17.1. The predicted octanol–water partition coefficient (Wildman–Crippen LogP) is 11.1. The summed E-state index contributed by atoms with van der Waals surface area (Å²) in [6.45, 7) is 0. The summed E-state index contributed by atoms with van der Waals surface area (Å²) < 4.78 is 0. The molecule has 0 N–H and O–H groups in total. The van der Waals surface area contributed by atoms with E-state index in [0.29, 0.717) is 0 Å². The minimum Gasteiger partial charge on any atom is -0.0928 e. The normalized spacial score (nSPS) is 14.9. The highest BCUT2D eigenvalue weighted by Gasteiger charge is 2.49. The van der Waals surface area contributed by atoms with Gasteiger partial charge in [0.2, 0.25) is 0 Å². The van der Waals surface area contributed by atoms with Crippen molar-refractivity contribution in [2.24, 2.45) is 0 Å². The van der Waals surface area contributed by atoms with Crippen LogP contribution >= 0.6 is 31.9 Å². The Labute approximate surface area is 294 Å². The van der Waals surface area contributed by atoms with E-state index in [0.717, 1.165) is 10.7 Å². The molecule has 0 nitrogen and oxygen atoms in total. The van der Waals surface area contributed by atoms with E-state index in [-0.39, 0.29) is 19.0 Å². The second kappa shape index (κ2) is 18.3. The van der Waals surface area contributed by atoms with Gasteiger partial charge >= 0.3 is 0 Å². The van der Waals surface area contributed by atoms with Gasteiger partial charge in [0.25, 0.3) is 0 Å². The number of hydrogen-bond acceptors (Lipinski definition) is 0. The molecule has 0 saturated heterocycles. The van der Waals surface area contributed by atoms with Crippen LogP contribution in [0.3, 0.4) is 0 Å². The van der Waals surface area contributed by atoms with Crippen molar-refractivity contribution in [3.63, 3.8) is 0 Å². The summed E-state index contributed by atoms with van der Waals surface area (Å²) in [4.78, 5) is 0. The van der Waals surface area contributed by atoms with E-state index in [1.807, 2.05) is 0 Å². The van der Waals surface area contributed by atoms with Crippen molar-refractivity contribution in [2.75, 3.05) is 10.7 Å². The van der Waals surface area contributed by atoms with Gasteiger partial charge in [-0.25, -0.2) is 0 Å². The SMILES string of the molecule is BrCCC[SiH2]CCC[Si]1(CCC[SiH2]CCCBr)C(c2ccccc2)=C(c2ccccc2)C(c2ccccc2)=C1c1ccccc1. The van der Waals surface area contributed by atoms with E-state index >= 15 is 0 Å². The number of hydrogen-bond donors (Lipinski definition) is 0. The fourth-order valence-electron chi connectivity index (χ4n) is 7.42. The Bertz CT molecular complexity index is 1390. The van der Waals surface area contributed by atoms with Crippen LogP contribution in [0.25, 0.3) is 21.5 Å². The second-order valence-electron chi connectivity index (χ2n) is 12.5. The van der Waals surface area contributed by atoms with Crippen LogP contribution in [0.2, 0.25) is 36.3 Å². The van der Waals surface area contributed by atoms with E-state index in [2.05, 4.69) is 153 Å². The fourth-order valence-corrected chi connectivity index (χ4v) is 19.9. The average molecular weight is 773 g/mol. The molecule has 0 aromatic heterocycles. The standard InChI is InChI=1S/C40H48Br2Si3/c41-25-13-27-43-29-15-31-45(32-16-30-44-28-14-26-42)39(35-21-9-3-10-22-35)37(33-17-5-1-6-18-33)38(34-19-7-2-8-20-34)40(45)36-23-11-4-12-24-36/h1-12,17-24H,13-16,25-32,43-44H2. The molecule has 234 valence electrons. The summed E-state index contributed by atoms with van der Waals surface area (Å²) in [5, 5.41) is 5.72. The average Bonchev–Trinajstić information content (AvgIpc) is 3.40. The maximum absolute atomic E-state index is 3.67. The lowest BCUT2D eigenvalue weighted by molar-refractivity contribution is 0.975. The van der Waals surface area contributed by atoms with Crippen LogP contribution in [-0.2, 0) is 0 Å². The molecule has 5 rings (SSSR count). The molecule has 0 saturated carbocycles. The molecule has 0 unspecified atom stereocenters. The molecule has 0 radical (unpaired) electrons. The molecule has 0 atom stereocenters. The van der Waals surface area contributed by atoms with Crippen molar-refractivity contribution in [1.82, 2.24) is 0 Å². The Morgan fingerprint density at radius 2 is 0.711 bits per heavy atom. The van der Waals surface area contributed by atoms with Crippen LogP contribution < -0.4 is 0 Å². The Kier molecular flexibility index (Phi) is 14.0. The molecular weight excluding hydrogens is 725 g/mol. The molecule has 5 heteroatoms. The monoisotopic (exact) mass is 770 g/mol. The van der Waals surface area contributed by atoms with Gasteiger partial charge in [0.05, 0.1) is 0 Å². The molecule has 0 amide bonds. The van der Waals surface area contributed by atoms with Gasteiger partial charge in [0.15, 0.2) is 0 Å². The van der Waals surface area contributed by atoms with Gasteiger partial charge in [0, 0.05) is 29.7 Å². The molecule has 4 aromatic rings. The Hall–Kier alpha value is -2.03. The first kappa shape index (κ1) is 34.3. The van der Waals surface area contributed by atoms with Crippen LogP contribution in [0.1, 0.15) is 47.9 Å². The van der Waals surface area contributed by atoms with Crippen LogP contribution in [0.5, 0.6) is 0 Å². The molecule has 0 aliphatic carbocycles. The topological polar surface area (TPSA) is 0 Å². The lowest BCUT2D eigenvalue weighted by Crippen LogP contribution is -2.37. The van der Waals surface area contributed by atoms with Crippen molar-refractivity contribution < 1.29 is 0 Å². The van der Waals surface area contributed by atoms with Crippen molar-refractivity contribution in [3.8, 4) is 0 Å². The summed E-state index contributed by atoms with van der Waals surface area (Å²) >= 11 is 7.35. The maximum atomic E-state index is 3.67. The highest BCUT2D eigenvalue weighted by atomic mass is 79.9. The highest BCUT2D eigenvalue weighted by molar-refractivity contribution is 9.09. The lowest BCUT2D eigenvalue weighted by atomic mass is 9.89. The van der Waals surface area contributed by atoms with Crippen molar-refractivity contribution in [1.29, 1.82) is 0 Å². The number of halogens is 2. The molecule has 45 heavy (non-hydrogen) atoms. The Balaban J connectivity index is 1.76. The lowest BCUT2D eigenvalue weighted by Gasteiger charge is -2.35. The van der Waals surface area contributed by atoms with Crippen molar-refractivity contribution >= 4 is 80.5 Å². The third-order valence-corrected chi connectivity index (χ3v) is 20.0. The van der Waals surface area contributed by atoms with E-state index in [4.69, 9.17) is 0 Å². The smallest absolute Gasteiger partial charge is 0.0928 e. The van der Waals surface area contributed by atoms with Gasteiger partial charge in [0.1, 0.15) is 8.07 Å². The Morgan fingerprint density at radius 1 is 0.400 bits per heavy atom. The quantitative estimate of drug-likeness (QED) is 0.0537. The maximum Gasteiger partial charge on any atom is 0.121 e. The van der Waals surface area contributed by atoms with Crippen molar-refractivity contribution in [3.05, 3.63) is 144 Å².